The number of aliphatic hydroxyl groups excluding tert-OH is 1. The van der Waals surface area contributed by atoms with E-state index in [1.165, 1.54) is 12.1 Å². The highest BCUT2D eigenvalue weighted by molar-refractivity contribution is 5.36. The second-order valence-corrected chi connectivity index (χ2v) is 4.10. The summed E-state index contributed by atoms with van der Waals surface area (Å²) in [5, 5.41) is 8.63. The minimum absolute atomic E-state index is 0.178. The first-order valence-electron chi connectivity index (χ1n) is 5.94. The lowest BCUT2D eigenvalue weighted by atomic mass is 10.1. The van der Waals surface area contributed by atoms with Gasteiger partial charge in [-0.15, -0.1) is 0 Å². The number of hydrogen-bond acceptors (Lipinski definition) is 3. The predicted molar refractivity (Wildman–Crippen MR) is 65.4 cm³/mol. The number of unbranched alkanes of at least 4 members (excludes halogenated alkanes) is 2. The smallest absolute Gasteiger partial charge is 0.126 e. The zero-order chi connectivity index (χ0) is 12.7. The summed E-state index contributed by atoms with van der Waals surface area (Å²) >= 11 is 0. The highest BCUT2D eigenvalue weighted by Gasteiger charge is 2.09. The zero-order valence-corrected chi connectivity index (χ0v) is 10.2. The number of ether oxygens (including phenoxy) is 1. The van der Waals surface area contributed by atoms with Crippen molar-refractivity contribution in [3.8, 4) is 5.75 Å². The van der Waals surface area contributed by atoms with Crippen LogP contribution in [0.5, 0.6) is 5.75 Å². The van der Waals surface area contributed by atoms with E-state index in [0.717, 1.165) is 24.8 Å². The first-order chi connectivity index (χ1) is 8.15. The fraction of sp³-hybridized carbons (Fsp3) is 0.538. The molecule has 0 aliphatic carbocycles. The number of aliphatic hydroxyl groups is 1. The van der Waals surface area contributed by atoms with Gasteiger partial charge in [-0.3, -0.25) is 0 Å². The van der Waals surface area contributed by atoms with Crippen LogP contribution in [-0.4, -0.2) is 18.3 Å². The predicted octanol–water partition coefficient (Wildman–Crippen LogP) is 2.39. The molecule has 0 radical (unpaired) electrons. The van der Waals surface area contributed by atoms with Crippen LogP contribution in [0.25, 0.3) is 0 Å². The summed E-state index contributed by atoms with van der Waals surface area (Å²) in [6.07, 6.45) is 2.52. The maximum absolute atomic E-state index is 13.1. The molecule has 0 amide bonds. The van der Waals surface area contributed by atoms with Gasteiger partial charge in [0, 0.05) is 24.3 Å². The lowest BCUT2D eigenvalue weighted by Crippen LogP contribution is -2.09. The molecule has 0 spiro atoms. The topological polar surface area (TPSA) is 55.5 Å². The Morgan fingerprint density at radius 3 is 2.76 bits per heavy atom. The molecule has 3 N–H and O–H groups in total. The Labute approximate surface area is 101 Å². The lowest BCUT2D eigenvalue weighted by molar-refractivity contribution is 0.264. The molecule has 0 fully saturated rings. The third kappa shape index (κ3) is 4.71. The van der Waals surface area contributed by atoms with Gasteiger partial charge in [0.15, 0.2) is 0 Å². The Bertz CT molecular complexity index is 342. The molecular formula is C13H20FNO2. The van der Waals surface area contributed by atoms with Gasteiger partial charge >= 0.3 is 0 Å². The van der Waals surface area contributed by atoms with Crippen LogP contribution in [-0.2, 0) is 0 Å². The maximum Gasteiger partial charge on any atom is 0.126 e. The minimum atomic E-state index is -0.320. The van der Waals surface area contributed by atoms with E-state index < -0.39 is 0 Å². The van der Waals surface area contributed by atoms with Crippen LogP contribution in [0, 0.1) is 5.82 Å². The van der Waals surface area contributed by atoms with Crippen LogP contribution in [0.4, 0.5) is 4.39 Å². The van der Waals surface area contributed by atoms with E-state index in [1.54, 1.807) is 6.07 Å². The molecule has 3 nitrogen and oxygen atoms in total. The molecule has 0 saturated heterocycles. The Morgan fingerprint density at radius 1 is 1.35 bits per heavy atom. The highest BCUT2D eigenvalue weighted by atomic mass is 19.1. The molecule has 0 aliphatic rings. The Morgan fingerprint density at radius 2 is 2.12 bits per heavy atom. The van der Waals surface area contributed by atoms with E-state index in [0.29, 0.717) is 12.4 Å². The number of rotatable bonds is 7. The van der Waals surface area contributed by atoms with Gasteiger partial charge in [-0.1, -0.05) is 6.07 Å². The quantitative estimate of drug-likeness (QED) is 0.721. The van der Waals surface area contributed by atoms with Crippen LogP contribution < -0.4 is 10.5 Å². The molecule has 0 heterocycles. The van der Waals surface area contributed by atoms with Gasteiger partial charge in [-0.2, -0.15) is 0 Å². The molecule has 1 unspecified atom stereocenters. The van der Waals surface area contributed by atoms with E-state index in [-0.39, 0.29) is 18.5 Å². The summed E-state index contributed by atoms with van der Waals surface area (Å²) in [4.78, 5) is 0. The molecule has 1 rings (SSSR count). The van der Waals surface area contributed by atoms with Crippen LogP contribution in [0.3, 0.4) is 0 Å². The molecule has 0 aromatic heterocycles. The Balaban J connectivity index is 2.53. The summed E-state index contributed by atoms with van der Waals surface area (Å²) in [5.74, 6) is 0.198. The molecule has 17 heavy (non-hydrogen) atoms. The Hall–Kier alpha value is -1.13. The average molecular weight is 241 g/mol. The molecule has 0 aliphatic heterocycles. The summed E-state index contributed by atoms with van der Waals surface area (Å²) in [7, 11) is 0. The molecule has 0 bridgehead atoms. The van der Waals surface area contributed by atoms with Crippen LogP contribution in [0.2, 0.25) is 0 Å². The van der Waals surface area contributed by atoms with Gasteiger partial charge in [0.05, 0.1) is 6.61 Å². The second-order valence-electron chi connectivity index (χ2n) is 4.10. The van der Waals surface area contributed by atoms with Crippen molar-refractivity contribution >= 4 is 0 Å². The van der Waals surface area contributed by atoms with E-state index in [2.05, 4.69) is 0 Å². The normalized spacial score (nSPS) is 12.5. The van der Waals surface area contributed by atoms with Crippen molar-refractivity contribution in [1.82, 2.24) is 0 Å². The Kier molecular flexibility index (Phi) is 5.94. The number of halogens is 1. The van der Waals surface area contributed by atoms with E-state index in [1.807, 2.05) is 6.92 Å². The lowest BCUT2D eigenvalue weighted by Gasteiger charge is -2.14. The SMILES string of the molecule is CC(N)c1ccc(F)cc1OCCCCCO. The largest absolute Gasteiger partial charge is 0.493 e. The number of hydrogen-bond donors (Lipinski definition) is 2. The third-order valence-corrected chi connectivity index (χ3v) is 2.53. The minimum Gasteiger partial charge on any atom is -0.493 e. The van der Waals surface area contributed by atoms with Crippen molar-refractivity contribution in [3.63, 3.8) is 0 Å². The van der Waals surface area contributed by atoms with Crippen molar-refractivity contribution in [2.24, 2.45) is 5.73 Å². The molecule has 1 aromatic rings. The van der Waals surface area contributed by atoms with Gasteiger partial charge in [-0.25, -0.2) is 4.39 Å². The van der Waals surface area contributed by atoms with Crippen LogP contribution >= 0.6 is 0 Å². The van der Waals surface area contributed by atoms with E-state index >= 15 is 0 Å². The number of nitrogens with two attached hydrogens (primary N) is 1. The van der Waals surface area contributed by atoms with E-state index in [4.69, 9.17) is 15.6 Å². The van der Waals surface area contributed by atoms with Crippen molar-refractivity contribution in [1.29, 1.82) is 0 Å². The van der Waals surface area contributed by atoms with Crippen molar-refractivity contribution in [2.75, 3.05) is 13.2 Å². The molecule has 4 heteroatoms. The summed E-state index contributed by atoms with van der Waals surface area (Å²) in [6, 6.07) is 4.23. The van der Waals surface area contributed by atoms with Crippen LogP contribution in [0.1, 0.15) is 37.8 Å². The van der Waals surface area contributed by atoms with Gasteiger partial charge in [0.25, 0.3) is 0 Å². The van der Waals surface area contributed by atoms with Gasteiger partial charge in [-0.05, 0) is 32.3 Å². The first kappa shape index (κ1) is 13.9. The molecular weight excluding hydrogens is 221 g/mol. The van der Waals surface area contributed by atoms with Crippen LogP contribution in [0.15, 0.2) is 18.2 Å². The van der Waals surface area contributed by atoms with Gasteiger partial charge < -0.3 is 15.6 Å². The van der Waals surface area contributed by atoms with Crippen molar-refractivity contribution in [3.05, 3.63) is 29.6 Å². The molecule has 96 valence electrons. The fourth-order valence-electron chi connectivity index (χ4n) is 1.58. The maximum atomic E-state index is 13.1. The monoisotopic (exact) mass is 241 g/mol. The number of benzene rings is 1. The highest BCUT2D eigenvalue weighted by Crippen LogP contribution is 2.25. The first-order valence-corrected chi connectivity index (χ1v) is 5.94. The van der Waals surface area contributed by atoms with Gasteiger partial charge in [0.2, 0.25) is 0 Å². The van der Waals surface area contributed by atoms with Crippen molar-refractivity contribution < 1.29 is 14.2 Å². The summed E-state index contributed by atoms with van der Waals surface area (Å²) in [6.45, 7) is 2.56. The fourth-order valence-corrected chi connectivity index (χ4v) is 1.58. The summed E-state index contributed by atoms with van der Waals surface area (Å²) < 4.78 is 18.6. The zero-order valence-electron chi connectivity index (χ0n) is 10.2. The van der Waals surface area contributed by atoms with E-state index in [9.17, 15) is 4.39 Å². The standard InChI is InChI=1S/C13H20FNO2/c1-10(15)12-6-5-11(14)9-13(12)17-8-4-2-3-7-16/h5-6,9-10,16H,2-4,7-8,15H2,1H3. The molecule has 1 aromatic carbocycles. The summed E-state index contributed by atoms with van der Waals surface area (Å²) in [5.41, 5.74) is 6.59. The molecule has 0 saturated carbocycles. The third-order valence-electron chi connectivity index (χ3n) is 2.53. The second kappa shape index (κ2) is 7.25. The molecule has 1 atom stereocenters. The van der Waals surface area contributed by atoms with Crippen molar-refractivity contribution in [2.45, 2.75) is 32.2 Å². The average Bonchev–Trinajstić information content (AvgIpc) is 2.28. The van der Waals surface area contributed by atoms with Gasteiger partial charge in [0.1, 0.15) is 11.6 Å².